The number of nitrogens with zero attached hydrogens (tertiary/aromatic N) is 4. The molecule has 0 saturated heterocycles. The molecular formula is C13H18N4O2. The normalized spacial score (nSPS) is 11.4. The maximum Gasteiger partial charge on any atom is 0.319 e. The molecule has 0 bridgehead atoms. The lowest BCUT2D eigenvalue weighted by Gasteiger charge is -2.23. The Morgan fingerprint density at radius 2 is 2.32 bits per heavy atom. The molecule has 0 atom stereocenters. The van der Waals surface area contributed by atoms with Crippen LogP contribution in [0.15, 0.2) is 24.7 Å². The maximum absolute atomic E-state index is 11.4. The third kappa shape index (κ3) is 3.29. The van der Waals surface area contributed by atoms with E-state index >= 15 is 0 Å². The number of ether oxygens (including phenoxy) is 1. The van der Waals surface area contributed by atoms with Crippen LogP contribution in [-0.2, 0) is 16.1 Å². The van der Waals surface area contributed by atoms with Crippen LogP contribution in [0.2, 0.25) is 0 Å². The van der Waals surface area contributed by atoms with E-state index in [1.807, 2.05) is 41.6 Å². The van der Waals surface area contributed by atoms with E-state index < -0.39 is 0 Å². The smallest absolute Gasteiger partial charge is 0.319 e. The highest BCUT2D eigenvalue weighted by atomic mass is 16.5. The number of rotatable bonds is 5. The molecule has 0 aliphatic heterocycles. The second kappa shape index (κ2) is 5.79. The van der Waals surface area contributed by atoms with Gasteiger partial charge in [0.15, 0.2) is 0 Å². The minimum atomic E-state index is -0.240. The average Bonchev–Trinajstić information content (AvgIpc) is 2.79. The van der Waals surface area contributed by atoms with Crippen molar-refractivity contribution in [2.24, 2.45) is 0 Å². The number of esters is 1. The van der Waals surface area contributed by atoms with Crippen molar-refractivity contribution in [3.63, 3.8) is 0 Å². The van der Waals surface area contributed by atoms with Crippen molar-refractivity contribution in [1.29, 1.82) is 0 Å². The van der Waals surface area contributed by atoms with Crippen LogP contribution in [0.5, 0.6) is 0 Å². The molecule has 0 aromatic carbocycles. The summed E-state index contributed by atoms with van der Waals surface area (Å²) in [7, 11) is 1.40. The van der Waals surface area contributed by atoms with Crippen LogP contribution in [-0.4, -0.2) is 44.9 Å². The standard InChI is InChI=1S/C13H18N4O2/c1-10(2)17(9-12(18)19-3)8-11-7-16-6-4-5-14-13(16)15-11/h4-7,10H,8-9H2,1-3H3. The van der Waals surface area contributed by atoms with Crippen LogP contribution in [0.4, 0.5) is 0 Å². The number of methoxy groups -OCH3 is 1. The van der Waals surface area contributed by atoms with Crippen LogP contribution in [0, 0.1) is 0 Å². The molecule has 2 heterocycles. The number of hydrogen-bond donors (Lipinski definition) is 0. The summed E-state index contributed by atoms with van der Waals surface area (Å²) in [6.45, 7) is 4.93. The summed E-state index contributed by atoms with van der Waals surface area (Å²) in [5.74, 6) is 0.426. The van der Waals surface area contributed by atoms with Crippen molar-refractivity contribution in [1.82, 2.24) is 19.3 Å². The van der Waals surface area contributed by atoms with Gasteiger partial charge in [-0.2, -0.15) is 0 Å². The van der Waals surface area contributed by atoms with E-state index in [1.54, 1.807) is 6.20 Å². The Balaban J connectivity index is 2.14. The summed E-state index contributed by atoms with van der Waals surface area (Å²) in [4.78, 5) is 22.0. The molecule has 0 N–H and O–H groups in total. The van der Waals surface area contributed by atoms with Gasteiger partial charge in [-0.3, -0.25) is 14.1 Å². The number of hydrogen-bond acceptors (Lipinski definition) is 5. The molecule has 0 unspecified atom stereocenters. The van der Waals surface area contributed by atoms with Crippen LogP contribution in [0.1, 0.15) is 19.5 Å². The summed E-state index contributed by atoms with van der Waals surface area (Å²) >= 11 is 0. The monoisotopic (exact) mass is 262 g/mol. The zero-order valence-electron chi connectivity index (χ0n) is 11.4. The van der Waals surface area contributed by atoms with Crippen molar-refractivity contribution >= 4 is 11.7 Å². The highest BCUT2D eigenvalue weighted by Crippen LogP contribution is 2.08. The number of carbonyl (C=O) groups excluding carboxylic acids is 1. The lowest BCUT2D eigenvalue weighted by Crippen LogP contribution is -2.35. The largest absolute Gasteiger partial charge is 0.468 e. The molecule has 2 aromatic rings. The Labute approximate surface area is 112 Å². The molecule has 0 fully saturated rings. The number of carbonyl (C=O) groups is 1. The molecule has 0 saturated carbocycles. The molecular weight excluding hydrogens is 244 g/mol. The molecule has 0 spiro atoms. The van der Waals surface area contributed by atoms with Crippen molar-refractivity contribution in [3.8, 4) is 0 Å². The van der Waals surface area contributed by atoms with Gasteiger partial charge in [-0.05, 0) is 19.9 Å². The molecule has 2 rings (SSSR count). The second-order valence-electron chi connectivity index (χ2n) is 4.63. The van der Waals surface area contributed by atoms with Crippen molar-refractivity contribution < 1.29 is 9.53 Å². The Hall–Kier alpha value is -1.95. The molecule has 19 heavy (non-hydrogen) atoms. The fraction of sp³-hybridized carbons (Fsp3) is 0.462. The quantitative estimate of drug-likeness (QED) is 0.755. The molecule has 0 radical (unpaired) electrons. The Kier molecular flexibility index (Phi) is 4.11. The topological polar surface area (TPSA) is 59.7 Å². The number of aromatic nitrogens is 3. The molecule has 0 amide bonds. The van der Waals surface area contributed by atoms with Crippen LogP contribution < -0.4 is 0 Å². The van der Waals surface area contributed by atoms with Gasteiger partial charge in [-0.15, -0.1) is 0 Å². The van der Waals surface area contributed by atoms with E-state index in [-0.39, 0.29) is 18.6 Å². The summed E-state index contributed by atoms with van der Waals surface area (Å²) in [6, 6.07) is 2.09. The molecule has 102 valence electrons. The van der Waals surface area contributed by atoms with Crippen molar-refractivity contribution in [2.75, 3.05) is 13.7 Å². The first-order chi connectivity index (χ1) is 9.10. The van der Waals surface area contributed by atoms with Gasteiger partial charge in [0.05, 0.1) is 19.3 Å². The Bertz CT molecular complexity index is 532. The number of imidazole rings is 1. The highest BCUT2D eigenvalue weighted by Gasteiger charge is 2.16. The molecule has 2 aromatic heterocycles. The first kappa shape index (κ1) is 13.5. The van der Waals surface area contributed by atoms with Crippen LogP contribution in [0.3, 0.4) is 0 Å². The predicted octanol–water partition coefficient (Wildman–Crippen LogP) is 1.11. The van der Waals surface area contributed by atoms with Crippen molar-refractivity contribution in [2.45, 2.75) is 26.4 Å². The van der Waals surface area contributed by atoms with Gasteiger partial charge in [-0.25, -0.2) is 9.97 Å². The zero-order valence-corrected chi connectivity index (χ0v) is 11.4. The first-order valence-electron chi connectivity index (χ1n) is 6.19. The van der Waals surface area contributed by atoms with Gasteiger partial charge in [0.25, 0.3) is 0 Å². The SMILES string of the molecule is COC(=O)CN(Cc1cn2cccnc2n1)C(C)C. The van der Waals surface area contributed by atoms with E-state index in [0.29, 0.717) is 12.3 Å². The van der Waals surface area contributed by atoms with Crippen molar-refractivity contribution in [3.05, 3.63) is 30.4 Å². The first-order valence-corrected chi connectivity index (χ1v) is 6.19. The highest BCUT2D eigenvalue weighted by molar-refractivity contribution is 5.71. The zero-order chi connectivity index (χ0) is 13.8. The van der Waals surface area contributed by atoms with E-state index in [1.165, 1.54) is 7.11 Å². The third-order valence-corrected chi connectivity index (χ3v) is 2.94. The van der Waals surface area contributed by atoms with Gasteiger partial charge in [0, 0.05) is 31.2 Å². The summed E-state index contributed by atoms with van der Waals surface area (Å²) in [5, 5.41) is 0. The Morgan fingerprint density at radius 1 is 1.53 bits per heavy atom. The lowest BCUT2D eigenvalue weighted by molar-refractivity contribution is -0.142. The summed E-state index contributed by atoms with van der Waals surface area (Å²) in [5.41, 5.74) is 0.885. The molecule has 6 nitrogen and oxygen atoms in total. The predicted molar refractivity (Wildman–Crippen MR) is 70.5 cm³/mol. The van der Waals surface area contributed by atoms with E-state index in [9.17, 15) is 4.79 Å². The molecule has 0 aliphatic carbocycles. The van der Waals surface area contributed by atoms with Gasteiger partial charge >= 0.3 is 5.97 Å². The van der Waals surface area contributed by atoms with E-state index in [4.69, 9.17) is 4.74 Å². The molecule has 0 aliphatic rings. The second-order valence-corrected chi connectivity index (χ2v) is 4.63. The maximum atomic E-state index is 11.4. The van der Waals surface area contributed by atoms with Gasteiger partial charge in [0.2, 0.25) is 5.78 Å². The minimum Gasteiger partial charge on any atom is -0.468 e. The van der Waals surface area contributed by atoms with E-state index in [2.05, 4.69) is 9.97 Å². The average molecular weight is 262 g/mol. The summed E-state index contributed by atoms with van der Waals surface area (Å²) in [6.07, 6.45) is 5.54. The fourth-order valence-electron chi connectivity index (χ4n) is 1.82. The number of fused-ring (bicyclic) bond motifs is 1. The van der Waals surface area contributed by atoms with Gasteiger partial charge in [-0.1, -0.05) is 0 Å². The fourth-order valence-corrected chi connectivity index (χ4v) is 1.82. The van der Waals surface area contributed by atoms with Gasteiger partial charge in [0.1, 0.15) is 0 Å². The van der Waals surface area contributed by atoms with Crippen LogP contribution in [0.25, 0.3) is 5.78 Å². The summed E-state index contributed by atoms with van der Waals surface area (Å²) < 4.78 is 6.58. The van der Waals surface area contributed by atoms with Crippen LogP contribution >= 0.6 is 0 Å². The Morgan fingerprint density at radius 3 is 2.95 bits per heavy atom. The molecule has 6 heteroatoms. The minimum absolute atomic E-state index is 0.233. The lowest BCUT2D eigenvalue weighted by atomic mass is 10.3. The third-order valence-electron chi connectivity index (χ3n) is 2.94. The van der Waals surface area contributed by atoms with E-state index in [0.717, 1.165) is 5.69 Å². The van der Waals surface area contributed by atoms with Gasteiger partial charge < -0.3 is 4.74 Å².